The third-order valence-electron chi connectivity index (χ3n) is 4.42. The van der Waals surface area contributed by atoms with Crippen LogP contribution in [0.1, 0.15) is 16.1 Å². The van der Waals surface area contributed by atoms with Crippen molar-refractivity contribution in [3.63, 3.8) is 0 Å². The van der Waals surface area contributed by atoms with Gasteiger partial charge in [-0.05, 0) is 35.7 Å². The molecule has 2 aromatic carbocycles. The third-order valence-corrected chi connectivity index (χ3v) is 5.28. The molecule has 0 spiro atoms. The number of nitrogens with one attached hydrogen (secondary N) is 2. The SMILES string of the molecule is O=C(CC1C(=O)Nc2ccccc2N1C(=O)c1cccs1)Nc1ccccc1. The summed E-state index contributed by atoms with van der Waals surface area (Å²) in [4.78, 5) is 40.4. The van der Waals surface area contributed by atoms with Crippen molar-refractivity contribution < 1.29 is 14.4 Å². The molecule has 6 nitrogen and oxygen atoms in total. The summed E-state index contributed by atoms with van der Waals surface area (Å²) in [5.74, 6) is -1.02. The maximum Gasteiger partial charge on any atom is 0.269 e. The molecule has 0 saturated carbocycles. The fraction of sp³-hybridized carbons (Fsp3) is 0.0952. The number of carbonyl (C=O) groups excluding carboxylic acids is 3. The van der Waals surface area contributed by atoms with E-state index in [-0.39, 0.29) is 24.1 Å². The van der Waals surface area contributed by atoms with Gasteiger partial charge in [-0.25, -0.2) is 0 Å². The quantitative estimate of drug-likeness (QED) is 0.711. The molecule has 1 aliphatic heterocycles. The average Bonchev–Trinajstić information content (AvgIpc) is 3.24. The summed E-state index contributed by atoms with van der Waals surface area (Å²) >= 11 is 1.30. The zero-order valence-corrected chi connectivity index (χ0v) is 15.6. The van der Waals surface area contributed by atoms with Crippen LogP contribution in [0.15, 0.2) is 72.1 Å². The number of hydrogen-bond acceptors (Lipinski definition) is 4. The highest BCUT2D eigenvalue weighted by Crippen LogP contribution is 2.34. The Morgan fingerprint density at radius 1 is 1.00 bits per heavy atom. The van der Waals surface area contributed by atoms with Gasteiger partial charge in [0, 0.05) is 5.69 Å². The van der Waals surface area contributed by atoms with Crippen molar-refractivity contribution in [3.05, 3.63) is 77.0 Å². The van der Waals surface area contributed by atoms with Gasteiger partial charge in [-0.15, -0.1) is 11.3 Å². The number of thiophene rings is 1. The number of benzene rings is 2. The van der Waals surface area contributed by atoms with Gasteiger partial charge in [-0.2, -0.15) is 0 Å². The molecule has 1 aliphatic rings. The van der Waals surface area contributed by atoms with Crippen LogP contribution in [0.25, 0.3) is 0 Å². The van der Waals surface area contributed by atoms with Crippen LogP contribution in [-0.2, 0) is 9.59 Å². The third kappa shape index (κ3) is 3.52. The smallest absolute Gasteiger partial charge is 0.269 e. The minimum Gasteiger partial charge on any atom is -0.326 e. The molecule has 0 saturated heterocycles. The summed E-state index contributed by atoms with van der Waals surface area (Å²) < 4.78 is 0. The minimum atomic E-state index is -0.937. The lowest BCUT2D eigenvalue weighted by Crippen LogP contribution is -2.52. The fourth-order valence-corrected chi connectivity index (χ4v) is 3.81. The van der Waals surface area contributed by atoms with E-state index in [1.54, 1.807) is 53.9 Å². The van der Waals surface area contributed by atoms with Crippen molar-refractivity contribution in [3.8, 4) is 0 Å². The van der Waals surface area contributed by atoms with Crippen molar-refractivity contribution in [2.45, 2.75) is 12.5 Å². The second kappa shape index (κ2) is 7.66. The van der Waals surface area contributed by atoms with Crippen LogP contribution >= 0.6 is 11.3 Å². The molecule has 4 rings (SSSR count). The number of nitrogens with zero attached hydrogens (tertiary/aromatic N) is 1. The maximum absolute atomic E-state index is 13.1. The molecule has 0 radical (unpaired) electrons. The summed E-state index contributed by atoms with van der Waals surface area (Å²) in [6, 6.07) is 18.7. The Kier molecular flexibility index (Phi) is 4.90. The first-order valence-corrected chi connectivity index (χ1v) is 9.63. The van der Waals surface area contributed by atoms with Crippen LogP contribution in [-0.4, -0.2) is 23.8 Å². The van der Waals surface area contributed by atoms with Gasteiger partial charge < -0.3 is 10.6 Å². The molecule has 0 bridgehead atoms. The largest absolute Gasteiger partial charge is 0.326 e. The Labute approximate surface area is 165 Å². The topological polar surface area (TPSA) is 78.5 Å². The van der Waals surface area contributed by atoms with Crippen molar-refractivity contribution in [2.75, 3.05) is 15.5 Å². The van der Waals surface area contributed by atoms with Gasteiger partial charge in [0.1, 0.15) is 6.04 Å². The Hall–Kier alpha value is -3.45. The number of anilines is 3. The molecule has 7 heteroatoms. The molecule has 28 heavy (non-hydrogen) atoms. The van der Waals surface area contributed by atoms with E-state index in [9.17, 15) is 14.4 Å². The molecule has 1 atom stereocenters. The molecule has 0 fully saturated rings. The number of para-hydroxylation sites is 3. The van der Waals surface area contributed by atoms with Gasteiger partial charge in [0.2, 0.25) is 11.8 Å². The molecule has 2 N–H and O–H groups in total. The van der Waals surface area contributed by atoms with Crippen LogP contribution in [0.3, 0.4) is 0 Å². The molecule has 140 valence electrons. The number of rotatable bonds is 4. The second-order valence-electron chi connectivity index (χ2n) is 6.29. The molecular formula is C21H17N3O3S. The first-order chi connectivity index (χ1) is 13.6. The van der Waals surface area contributed by atoms with Gasteiger partial charge >= 0.3 is 0 Å². The summed E-state index contributed by atoms with van der Waals surface area (Å²) in [6.45, 7) is 0. The zero-order valence-electron chi connectivity index (χ0n) is 14.8. The number of amides is 3. The predicted molar refractivity (Wildman–Crippen MR) is 110 cm³/mol. The van der Waals surface area contributed by atoms with Gasteiger partial charge in [0.05, 0.1) is 22.7 Å². The van der Waals surface area contributed by atoms with Crippen LogP contribution < -0.4 is 15.5 Å². The van der Waals surface area contributed by atoms with Crippen LogP contribution in [0.5, 0.6) is 0 Å². The van der Waals surface area contributed by atoms with E-state index in [4.69, 9.17) is 0 Å². The highest BCUT2D eigenvalue weighted by atomic mass is 32.1. The van der Waals surface area contributed by atoms with E-state index < -0.39 is 6.04 Å². The van der Waals surface area contributed by atoms with Crippen molar-refractivity contribution >= 4 is 46.1 Å². The molecular weight excluding hydrogens is 374 g/mol. The van der Waals surface area contributed by atoms with Crippen molar-refractivity contribution in [1.29, 1.82) is 0 Å². The van der Waals surface area contributed by atoms with E-state index in [0.29, 0.717) is 21.9 Å². The van der Waals surface area contributed by atoms with Crippen LogP contribution in [0, 0.1) is 0 Å². The summed E-state index contributed by atoms with van der Waals surface area (Å²) in [5, 5.41) is 7.38. The molecule has 0 aliphatic carbocycles. The zero-order chi connectivity index (χ0) is 19.5. The Bertz CT molecular complexity index is 1020. The maximum atomic E-state index is 13.1. The first-order valence-electron chi connectivity index (χ1n) is 8.75. The van der Waals surface area contributed by atoms with Gasteiger partial charge in [0.25, 0.3) is 5.91 Å². The van der Waals surface area contributed by atoms with Gasteiger partial charge in [-0.3, -0.25) is 19.3 Å². The van der Waals surface area contributed by atoms with Gasteiger partial charge in [-0.1, -0.05) is 36.4 Å². The highest BCUT2D eigenvalue weighted by molar-refractivity contribution is 7.12. The Morgan fingerprint density at radius 3 is 2.50 bits per heavy atom. The molecule has 3 aromatic rings. The summed E-state index contributed by atoms with van der Waals surface area (Å²) in [5.41, 5.74) is 1.77. The summed E-state index contributed by atoms with van der Waals surface area (Å²) in [7, 11) is 0. The number of carbonyl (C=O) groups is 3. The molecule has 1 unspecified atom stereocenters. The van der Waals surface area contributed by atoms with Gasteiger partial charge in [0.15, 0.2) is 0 Å². The van der Waals surface area contributed by atoms with E-state index in [1.807, 2.05) is 18.2 Å². The second-order valence-corrected chi connectivity index (χ2v) is 7.24. The highest BCUT2D eigenvalue weighted by Gasteiger charge is 2.38. The predicted octanol–water partition coefficient (Wildman–Crippen LogP) is 3.74. The lowest BCUT2D eigenvalue weighted by Gasteiger charge is -2.35. The summed E-state index contributed by atoms with van der Waals surface area (Å²) in [6.07, 6.45) is -0.147. The number of hydrogen-bond donors (Lipinski definition) is 2. The van der Waals surface area contributed by atoms with E-state index >= 15 is 0 Å². The lowest BCUT2D eigenvalue weighted by molar-refractivity contribution is -0.122. The average molecular weight is 391 g/mol. The van der Waals surface area contributed by atoms with Crippen molar-refractivity contribution in [1.82, 2.24) is 0 Å². The minimum absolute atomic E-state index is 0.147. The normalized spacial score (nSPS) is 15.5. The first kappa shape index (κ1) is 17.9. The van der Waals surface area contributed by atoms with Crippen molar-refractivity contribution in [2.24, 2.45) is 0 Å². The molecule has 2 heterocycles. The molecule has 1 aromatic heterocycles. The number of fused-ring (bicyclic) bond motifs is 1. The lowest BCUT2D eigenvalue weighted by atomic mass is 10.0. The standard InChI is InChI=1S/C21H17N3O3S/c25-19(22-14-7-2-1-3-8-14)13-17-20(26)23-15-9-4-5-10-16(15)24(17)21(27)18-11-6-12-28-18/h1-12,17H,13H2,(H,22,25)(H,23,26). The van der Waals surface area contributed by atoms with E-state index in [2.05, 4.69) is 10.6 Å². The Balaban J connectivity index is 1.64. The van der Waals surface area contributed by atoms with Crippen LogP contribution in [0.4, 0.5) is 17.1 Å². The van der Waals surface area contributed by atoms with E-state index in [0.717, 1.165) is 0 Å². The van der Waals surface area contributed by atoms with E-state index in [1.165, 1.54) is 16.2 Å². The monoisotopic (exact) mass is 391 g/mol. The fourth-order valence-electron chi connectivity index (χ4n) is 3.15. The van der Waals surface area contributed by atoms with Crippen LogP contribution in [0.2, 0.25) is 0 Å². The molecule has 3 amide bonds. The Morgan fingerprint density at radius 2 is 1.75 bits per heavy atom.